The highest BCUT2D eigenvalue weighted by molar-refractivity contribution is 7.18. The van der Waals surface area contributed by atoms with Crippen molar-refractivity contribution in [3.8, 4) is 0 Å². The van der Waals surface area contributed by atoms with Crippen molar-refractivity contribution in [2.24, 2.45) is 0 Å². The fourth-order valence-corrected chi connectivity index (χ4v) is 4.86. The van der Waals surface area contributed by atoms with Gasteiger partial charge in [0.25, 0.3) is 5.69 Å². The van der Waals surface area contributed by atoms with Gasteiger partial charge < -0.3 is 5.32 Å². The molecule has 0 spiro atoms. The molecule has 2 heterocycles. The van der Waals surface area contributed by atoms with E-state index in [2.05, 4.69) is 16.3 Å². The van der Waals surface area contributed by atoms with Gasteiger partial charge in [-0.25, -0.2) is 4.98 Å². The maximum Gasteiger partial charge on any atom is 0.271 e. The summed E-state index contributed by atoms with van der Waals surface area (Å²) in [5, 5.41) is 14.9. The van der Waals surface area contributed by atoms with Crippen LogP contribution in [0.15, 0.2) is 42.5 Å². The molecule has 8 heteroatoms. The average Bonchev–Trinajstić information content (AvgIpc) is 3.34. The molecule has 2 aromatic carbocycles. The molecule has 0 aliphatic carbocycles. The number of amides is 1. The Morgan fingerprint density at radius 1 is 1.34 bits per heavy atom. The number of para-hydroxylation sites is 1. The van der Waals surface area contributed by atoms with Gasteiger partial charge in [0.1, 0.15) is 5.01 Å². The first kappa shape index (κ1) is 19.5. The molecule has 1 aromatic heterocycles. The lowest BCUT2D eigenvalue weighted by Gasteiger charge is -2.22. The summed E-state index contributed by atoms with van der Waals surface area (Å²) in [6, 6.07) is 12.9. The third kappa shape index (κ3) is 4.28. The number of rotatable bonds is 6. The lowest BCUT2D eigenvalue weighted by Crippen LogP contribution is -2.27. The Bertz CT molecular complexity index is 1030. The number of thiazole rings is 1. The van der Waals surface area contributed by atoms with Crippen molar-refractivity contribution in [1.29, 1.82) is 0 Å². The van der Waals surface area contributed by atoms with Crippen LogP contribution >= 0.6 is 11.3 Å². The summed E-state index contributed by atoms with van der Waals surface area (Å²) >= 11 is 1.72. The lowest BCUT2D eigenvalue weighted by molar-refractivity contribution is -0.384. The van der Waals surface area contributed by atoms with E-state index in [1.165, 1.54) is 16.8 Å². The molecule has 150 valence electrons. The molecule has 1 aliphatic rings. The topological polar surface area (TPSA) is 88.4 Å². The standard InChI is InChI=1S/C21H22N4O3S/c1-14-8-9-15(25(27)28)13-17(14)22-20(26)10-12-24-11-4-6-18(24)21-23-16-5-2-3-7-19(16)29-21/h2-3,5,7-9,13,18H,4,6,10-12H2,1H3,(H,22,26). The Morgan fingerprint density at radius 2 is 2.17 bits per heavy atom. The molecular weight excluding hydrogens is 388 g/mol. The number of fused-ring (bicyclic) bond motifs is 1. The van der Waals surface area contributed by atoms with E-state index in [1.54, 1.807) is 17.4 Å². The maximum atomic E-state index is 12.5. The summed E-state index contributed by atoms with van der Waals surface area (Å²) in [5.74, 6) is -0.136. The number of aryl methyl sites for hydroxylation is 1. The molecule has 4 rings (SSSR count). The van der Waals surface area contributed by atoms with Gasteiger partial charge in [0.2, 0.25) is 5.91 Å². The van der Waals surface area contributed by atoms with Crippen LogP contribution in [-0.2, 0) is 4.79 Å². The maximum absolute atomic E-state index is 12.5. The number of non-ortho nitro benzene ring substituents is 1. The van der Waals surface area contributed by atoms with Crippen LogP contribution in [0, 0.1) is 17.0 Å². The van der Waals surface area contributed by atoms with Crippen molar-refractivity contribution >= 4 is 38.8 Å². The monoisotopic (exact) mass is 410 g/mol. The Labute approximate surface area is 172 Å². The predicted octanol–water partition coefficient (Wildman–Crippen LogP) is 4.68. The predicted molar refractivity (Wildman–Crippen MR) is 114 cm³/mol. The number of carbonyl (C=O) groups excluding carboxylic acids is 1. The second-order valence-electron chi connectivity index (χ2n) is 7.27. The van der Waals surface area contributed by atoms with Crippen LogP contribution in [0.5, 0.6) is 0 Å². The minimum Gasteiger partial charge on any atom is -0.326 e. The van der Waals surface area contributed by atoms with Crippen LogP contribution in [0.4, 0.5) is 11.4 Å². The zero-order valence-electron chi connectivity index (χ0n) is 16.1. The zero-order chi connectivity index (χ0) is 20.4. The average molecular weight is 410 g/mol. The summed E-state index contributed by atoms with van der Waals surface area (Å²) in [4.78, 5) is 30.1. The zero-order valence-corrected chi connectivity index (χ0v) is 16.9. The second-order valence-corrected chi connectivity index (χ2v) is 8.33. The Kier molecular flexibility index (Phi) is 5.55. The number of hydrogen-bond donors (Lipinski definition) is 1. The number of nitrogens with one attached hydrogen (secondary N) is 1. The van der Waals surface area contributed by atoms with Crippen molar-refractivity contribution in [2.75, 3.05) is 18.4 Å². The molecule has 1 saturated heterocycles. The third-order valence-corrected chi connectivity index (χ3v) is 6.43. The van der Waals surface area contributed by atoms with Gasteiger partial charge in [-0.1, -0.05) is 18.2 Å². The molecule has 1 atom stereocenters. The highest BCUT2D eigenvalue weighted by atomic mass is 32.1. The summed E-state index contributed by atoms with van der Waals surface area (Å²) in [6.07, 6.45) is 2.47. The molecule has 1 unspecified atom stereocenters. The van der Waals surface area contributed by atoms with Crippen LogP contribution in [0.2, 0.25) is 0 Å². The van der Waals surface area contributed by atoms with E-state index >= 15 is 0 Å². The number of nitro benzene ring substituents is 1. The number of likely N-dealkylation sites (tertiary alicyclic amines) is 1. The van der Waals surface area contributed by atoms with Gasteiger partial charge in [-0.15, -0.1) is 11.3 Å². The molecule has 3 aromatic rings. The molecule has 1 N–H and O–H groups in total. The van der Waals surface area contributed by atoms with Crippen molar-refractivity contribution in [3.05, 3.63) is 63.1 Å². The molecule has 1 aliphatic heterocycles. The smallest absolute Gasteiger partial charge is 0.271 e. The summed E-state index contributed by atoms with van der Waals surface area (Å²) < 4.78 is 1.19. The first-order valence-electron chi connectivity index (χ1n) is 9.65. The van der Waals surface area contributed by atoms with Crippen molar-refractivity contribution in [1.82, 2.24) is 9.88 Å². The van der Waals surface area contributed by atoms with E-state index in [9.17, 15) is 14.9 Å². The molecule has 1 amide bonds. The summed E-state index contributed by atoms with van der Waals surface area (Å²) in [5.41, 5.74) is 2.30. The van der Waals surface area contributed by atoms with Crippen LogP contribution < -0.4 is 5.32 Å². The van der Waals surface area contributed by atoms with Gasteiger partial charge in [-0.2, -0.15) is 0 Å². The second kappa shape index (κ2) is 8.26. The van der Waals surface area contributed by atoms with E-state index in [0.29, 0.717) is 18.7 Å². The first-order valence-corrected chi connectivity index (χ1v) is 10.5. The van der Waals surface area contributed by atoms with Gasteiger partial charge in [-0.05, 0) is 44.0 Å². The van der Waals surface area contributed by atoms with Gasteiger partial charge in [0.15, 0.2) is 0 Å². The fourth-order valence-electron chi connectivity index (χ4n) is 3.72. The molecular formula is C21H22N4O3S. The normalized spacial score (nSPS) is 16.9. The van der Waals surface area contributed by atoms with E-state index in [4.69, 9.17) is 4.98 Å². The van der Waals surface area contributed by atoms with Crippen molar-refractivity contribution < 1.29 is 9.72 Å². The number of benzene rings is 2. The molecule has 29 heavy (non-hydrogen) atoms. The van der Waals surface area contributed by atoms with E-state index in [1.807, 2.05) is 25.1 Å². The Balaban J connectivity index is 1.40. The molecule has 0 saturated carbocycles. The summed E-state index contributed by atoms with van der Waals surface area (Å²) in [6.45, 7) is 3.41. The highest BCUT2D eigenvalue weighted by Crippen LogP contribution is 2.36. The Hall–Kier alpha value is -2.84. The van der Waals surface area contributed by atoms with Gasteiger partial charge in [0.05, 0.1) is 26.9 Å². The minimum absolute atomic E-state index is 0.0265. The summed E-state index contributed by atoms with van der Waals surface area (Å²) in [7, 11) is 0. The number of aromatic nitrogens is 1. The van der Waals surface area contributed by atoms with Crippen molar-refractivity contribution in [2.45, 2.75) is 32.2 Å². The van der Waals surface area contributed by atoms with Crippen LogP contribution in [-0.4, -0.2) is 33.8 Å². The molecule has 0 bridgehead atoms. The molecule has 7 nitrogen and oxygen atoms in total. The van der Waals surface area contributed by atoms with Crippen LogP contribution in [0.3, 0.4) is 0 Å². The van der Waals surface area contributed by atoms with Crippen LogP contribution in [0.25, 0.3) is 10.2 Å². The lowest BCUT2D eigenvalue weighted by atomic mass is 10.1. The van der Waals surface area contributed by atoms with Gasteiger partial charge in [0, 0.05) is 25.1 Å². The Morgan fingerprint density at radius 3 is 2.97 bits per heavy atom. The van der Waals surface area contributed by atoms with E-state index in [-0.39, 0.29) is 17.6 Å². The minimum atomic E-state index is -0.456. The number of hydrogen-bond acceptors (Lipinski definition) is 6. The fraction of sp³-hybridized carbons (Fsp3) is 0.333. The van der Waals surface area contributed by atoms with E-state index < -0.39 is 4.92 Å². The first-order chi connectivity index (χ1) is 14.0. The number of nitro groups is 1. The van der Waals surface area contributed by atoms with Gasteiger partial charge >= 0.3 is 0 Å². The van der Waals surface area contributed by atoms with E-state index in [0.717, 1.165) is 35.5 Å². The van der Waals surface area contributed by atoms with Crippen LogP contribution in [0.1, 0.15) is 35.9 Å². The SMILES string of the molecule is Cc1ccc([N+](=O)[O-])cc1NC(=O)CCN1CCCC1c1nc2ccccc2s1. The number of nitrogens with zero attached hydrogens (tertiary/aromatic N) is 3. The molecule has 1 fully saturated rings. The third-order valence-electron chi connectivity index (χ3n) is 5.29. The largest absolute Gasteiger partial charge is 0.326 e. The molecule has 0 radical (unpaired) electrons. The van der Waals surface area contributed by atoms with Gasteiger partial charge in [-0.3, -0.25) is 19.8 Å². The number of carbonyl (C=O) groups is 1. The number of anilines is 1. The quantitative estimate of drug-likeness (QED) is 0.471. The highest BCUT2D eigenvalue weighted by Gasteiger charge is 2.28. The van der Waals surface area contributed by atoms with Crippen molar-refractivity contribution in [3.63, 3.8) is 0 Å².